The number of benzene rings is 2. The van der Waals surface area contributed by atoms with Crippen molar-refractivity contribution in [2.24, 2.45) is 0 Å². The molecule has 0 saturated carbocycles. The van der Waals surface area contributed by atoms with Crippen LogP contribution in [0.3, 0.4) is 0 Å². The summed E-state index contributed by atoms with van der Waals surface area (Å²) in [6, 6.07) is 13.6. The third kappa shape index (κ3) is 3.50. The zero-order valence-electron chi connectivity index (χ0n) is 11.3. The third-order valence-corrected chi connectivity index (χ3v) is 3.29. The highest BCUT2D eigenvalue weighted by Gasteiger charge is 2.16. The van der Waals surface area contributed by atoms with Crippen LogP contribution in [0.5, 0.6) is 11.5 Å². The molecular formula is C16H19NO3. The summed E-state index contributed by atoms with van der Waals surface area (Å²) in [5.74, 6) is 0.229. The Kier molecular flexibility index (Phi) is 4.61. The van der Waals surface area contributed by atoms with Gasteiger partial charge in [-0.1, -0.05) is 30.3 Å². The zero-order chi connectivity index (χ0) is 14.5. The maximum atomic E-state index is 10.2. The van der Waals surface area contributed by atoms with E-state index in [1.54, 1.807) is 0 Å². The van der Waals surface area contributed by atoms with E-state index in [9.17, 15) is 15.3 Å². The quantitative estimate of drug-likeness (QED) is 0.631. The number of nitrogens with one attached hydrogen (secondary N) is 1. The van der Waals surface area contributed by atoms with Crippen molar-refractivity contribution < 1.29 is 15.3 Å². The van der Waals surface area contributed by atoms with Gasteiger partial charge in [0.2, 0.25) is 0 Å². The Hall–Kier alpha value is -2.04. The smallest absolute Gasteiger partial charge is 0.120 e. The highest BCUT2D eigenvalue weighted by atomic mass is 16.3. The van der Waals surface area contributed by atoms with Gasteiger partial charge in [-0.15, -0.1) is 0 Å². The van der Waals surface area contributed by atoms with E-state index < -0.39 is 6.10 Å². The normalized spacial score (nSPS) is 13.9. The maximum Gasteiger partial charge on any atom is 0.120 e. The van der Waals surface area contributed by atoms with Crippen LogP contribution in [0.2, 0.25) is 0 Å². The van der Waals surface area contributed by atoms with Crippen LogP contribution in [-0.4, -0.2) is 21.4 Å². The fraction of sp³-hybridized carbons (Fsp3) is 0.250. The molecule has 0 amide bonds. The molecule has 2 atom stereocenters. The fourth-order valence-corrected chi connectivity index (χ4v) is 2.03. The molecule has 2 aromatic rings. The molecule has 0 aromatic heterocycles. The van der Waals surface area contributed by atoms with Crippen molar-refractivity contribution in [3.05, 3.63) is 59.7 Å². The molecule has 0 fully saturated rings. The Morgan fingerprint density at radius 2 is 1.75 bits per heavy atom. The molecule has 0 radical (unpaired) electrons. The van der Waals surface area contributed by atoms with Crippen LogP contribution < -0.4 is 5.32 Å². The van der Waals surface area contributed by atoms with Crippen LogP contribution in [-0.2, 0) is 6.54 Å². The van der Waals surface area contributed by atoms with E-state index in [4.69, 9.17) is 0 Å². The third-order valence-electron chi connectivity index (χ3n) is 3.29. The minimum atomic E-state index is -0.629. The molecule has 4 heteroatoms. The zero-order valence-corrected chi connectivity index (χ0v) is 11.3. The topological polar surface area (TPSA) is 72.7 Å². The van der Waals surface area contributed by atoms with Gasteiger partial charge in [0.15, 0.2) is 0 Å². The second kappa shape index (κ2) is 6.41. The Labute approximate surface area is 118 Å². The number of hydrogen-bond donors (Lipinski definition) is 4. The summed E-state index contributed by atoms with van der Waals surface area (Å²) in [6.45, 7) is 2.24. The van der Waals surface area contributed by atoms with Gasteiger partial charge in [-0.25, -0.2) is 0 Å². The second-order valence-electron chi connectivity index (χ2n) is 4.84. The van der Waals surface area contributed by atoms with Crippen LogP contribution in [0.4, 0.5) is 0 Å². The van der Waals surface area contributed by atoms with Crippen molar-refractivity contribution in [3.63, 3.8) is 0 Å². The predicted octanol–water partition coefficient (Wildman–Crippen LogP) is 2.31. The number of aromatic hydroxyl groups is 2. The van der Waals surface area contributed by atoms with Crippen LogP contribution in [0.25, 0.3) is 0 Å². The van der Waals surface area contributed by atoms with Crippen molar-refractivity contribution in [2.75, 3.05) is 0 Å². The lowest BCUT2D eigenvalue weighted by Crippen LogP contribution is -2.31. The van der Waals surface area contributed by atoms with E-state index in [1.807, 2.05) is 37.3 Å². The molecule has 0 saturated heterocycles. The molecule has 4 N–H and O–H groups in total. The summed E-state index contributed by atoms with van der Waals surface area (Å²) in [5, 5.41) is 32.5. The lowest BCUT2D eigenvalue weighted by Gasteiger charge is -2.21. The number of phenols is 2. The van der Waals surface area contributed by atoms with E-state index in [1.165, 1.54) is 18.2 Å². The molecule has 0 aliphatic carbocycles. The van der Waals surface area contributed by atoms with Crippen molar-refractivity contribution in [3.8, 4) is 11.5 Å². The van der Waals surface area contributed by atoms with Gasteiger partial charge in [-0.05, 0) is 30.7 Å². The number of aliphatic hydroxyl groups excluding tert-OH is 1. The number of rotatable bonds is 5. The Bertz CT molecular complexity index is 557. The highest BCUT2D eigenvalue weighted by Crippen LogP contribution is 2.23. The summed E-state index contributed by atoms with van der Waals surface area (Å²) in [7, 11) is 0. The van der Waals surface area contributed by atoms with Gasteiger partial charge in [-0.3, -0.25) is 0 Å². The van der Waals surface area contributed by atoms with Crippen molar-refractivity contribution in [2.45, 2.75) is 25.6 Å². The Morgan fingerprint density at radius 3 is 2.45 bits per heavy atom. The second-order valence-corrected chi connectivity index (χ2v) is 4.84. The first-order valence-electron chi connectivity index (χ1n) is 6.55. The van der Waals surface area contributed by atoms with E-state index in [0.717, 1.165) is 5.56 Å². The first kappa shape index (κ1) is 14.4. The van der Waals surface area contributed by atoms with Gasteiger partial charge in [0.25, 0.3) is 0 Å². The van der Waals surface area contributed by atoms with Gasteiger partial charge in [-0.2, -0.15) is 0 Å². The van der Waals surface area contributed by atoms with E-state index in [2.05, 4.69) is 5.32 Å². The molecule has 106 valence electrons. The molecule has 0 aliphatic rings. The van der Waals surface area contributed by atoms with Gasteiger partial charge in [0.05, 0.1) is 6.10 Å². The Morgan fingerprint density at radius 1 is 1.05 bits per heavy atom. The SMILES string of the molecule is C[C@H](NCc1cc(O)ccc1O)[C@H](O)c1ccccc1. The lowest BCUT2D eigenvalue weighted by molar-refractivity contribution is 0.135. The van der Waals surface area contributed by atoms with E-state index in [0.29, 0.717) is 12.1 Å². The minimum absolute atomic E-state index is 0.107. The Balaban J connectivity index is 1.98. The average Bonchev–Trinajstić information content (AvgIpc) is 2.48. The van der Waals surface area contributed by atoms with Crippen molar-refractivity contribution in [1.82, 2.24) is 5.32 Å². The fourth-order valence-electron chi connectivity index (χ4n) is 2.03. The van der Waals surface area contributed by atoms with Crippen molar-refractivity contribution in [1.29, 1.82) is 0 Å². The molecule has 0 spiro atoms. The molecule has 2 rings (SSSR count). The van der Waals surface area contributed by atoms with Gasteiger partial charge >= 0.3 is 0 Å². The summed E-state index contributed by atoms with van der Waals surface area (Å²) in [4.78, 5) is 0. The number of aliphatic hydroxyl groups is 1. The minimum Gasteiger partial charge on any atom is -0.508 e. The molecule has 0 heterocycles. The van der Waals surface area contributed by atoms with Crippen LogP contribution >= 0.6 is 0 Å². The van der Waals surface area contributed by atoms with Crippen LogP contribution in [0, 0.1) is 0 Å². The molecule has 0 bridgehead atoms. The van der Waals surface area contributed by atoms with Gasteiger partial charge in [0, 0.05) is 18.2 Å². The average molecular weight is 273 g/mol. The summed E-state index contributed by atoms with van der Waals surface area (Å²) in [6.07, 6.45) is -0.629. The monoisotopic (exact) mass is 273 g/mol. The first-order chi connectivity index (χ1) is 9.58. The largest absolute Gasteiger partial charge is 0.508 e. The van der Waals surface area contributed by atoms with Gasteiger partial charge in [0.1, 0.15) is 11.5 Å². The van der Waals surface area contributed by atoms with E-state index >= 15 is 0 Å². The lowest BCUT2D eigenvalue weighted by atomic mass is 10.0. The van der Waals surface area contributed by atoms with Crippen molar-refractivity contribution >= 4 is 0 Å². The molecule has 0 aliphatic heterocycles. The van der Waals surface area contributed by atoms with E-state index in [-0.39, 0.29) is 17.5 Å². The summed E-state index contributed by atoms with van der Waals surface area (Å²) < 4.78 is 0. The van der Waals surface area contributed by atoms with Crippen LogP contribution in [0.15, 0.2) is 48.5 Å². The van der Waals surface area contributed by atoms with Crippen LogP contribution in [0.1, 0.15) is 24.2 Å². The predicted molar refractivity (Wildman–Crippen MR) is 77.5 cm³/mol. The number of phenolic OH excluding ortho intramolecular Hbond substituents is 2. The molecule has 2 aromatic carbocycles. The molecule has 4 nitrogen and oxygen atoms in total. The molecular weight excluding hydrogens is 254 g/mol. The maximum absolute atomic E-state index is 10.2. The molecule has 0 unspecified atom stereocenters. The number of hydrogen-bond acceptors (Lipinski definition) is 4. The van der Waals surface area contributed by atoms with Gasteiger partial charge < -0.3 is 20.6 Å². The standard InChI is InChI=1S/C16H19NO3/c1-11(16(20)12-5-3-2-4-6-12)17-10-13-9-14(18)7-8-15(13)19/h2-9,11,16-20H,10H2,1H3/t11-,16-/m0/s1. The highest BCUT2D eigenvalue weighted by molar-refractivity contribution is 5.38. The molecule has 20 heavy (non-hydrogen) atoms. The summed E-state index contributed by atoms with van der Waals surface area (Å²) >= 11 is 0. The first-order valence-corrected chi connectivity index (χ1v) is 6.55. The summed E-state index contributed by atoms with van der Waals surface area (Å²) in [5.41, 5.74) is 1.43.